The van der Waals surface area contributed by atoms with Gasteiger partial charge in [-0.3, -0.25) is 29.0 Å². The number of nitrogens with zero attached hydrogens (tertiary/aromatic N) is 2. The lowest BCUT2D eigenvalue weighted by atomic mass is 10.0. The van der Waals surface area contributed by atoms with Crippen molar-refractivity contribution in [3.8, 4) is 0 Å². The minimum atomic E-state index is -5.08. The van der Waals surface area contributed by atoms with Crippen LogP contribution in [0.25, 0.3) is 0 Å². The third kappa shape index (κ3) is 52.7. The van der Waals surface area contributed by atoms with Gasteiger partial charge in [-0.05, 0) is 25.7 Å². The summed E-state index contributed by atoms with van der Waals surface area (Å²) in [6.07, 6.45) is 40.1. The zero-order chi connectivity index (χ0) is 55.3. The molecule has 10 N–H and O–H groups in total. The van der Waals surface area contributed by atoms with Crippen molar-refractivity contribution in [3.05, 3.63) is 0 Å². The van der Waals surface area contributed by atoms with Gasteiger partial charge in [0.2, 0.25) is 29.5 Å². The van der Waals surface area contributed by atoms with E-state index in [4.69, 9.17) is 27.1 Å². The SMILES string of the molecule is CCCCCCCCCCCCCCCCCCCC(=O)NCCN(CCNC(=O)CCCCCCCCCCCCCCCCCCC)C(=O)CCC(=O)N[C@@H](CCCN=C(N)N)C(N)=O.O=C(O)C(F)(F)F. The van der Waals surface area contributed by atoms with Gasteiger partial charge in [0.15, 0.2) is 5.96 Å². The van der Waals surface area contributed by atoms with E-state index < -0.39 is 30.0 Å². The molecule has 1 atom stereocenters. The van der Waals surface area contributed by atoms with Gasteiger partial charge < -0.3 is 43.2 Å². The van der Waals surface area contributed by atoms with Crippen molar-refractivity contribution in [2.45, 2.75) is 283 Å². The Morgan fingerprint density at radius 1 is 0.473 bits per heavy atom. The van der Waals surface area contributed by atoms with Crippen LogP contribution in [0.2, 0.25) is 0 Å². The highest BCUT2D eigenvalue weighted by molar-refractivity contribution is 5.88. The molecule has 0 saturated heterocycles. The molecule has 0 aliphatic rings. The van der Waals surface area contributed by atoms with Crippen LogP contribution in [0.5, 0.6) is 0 Å². The van der Waals surface area contributed by atoms with E-state index in [-0.39, 0.29) is 69.1 Å². The summed E-state index contributed by atoms with van der Waals surface area (Å²) >= 11 is 0. The second-order valence-corrected chi connectivity index (χ2v) is 20.2. The van der Waals surface area contributed by atoms with E-state index in [0.29, 0.717) is 25.8 Å². The lowest BCUT2D eigenvalue weighted by Crippen LogP contribution is -2.45. The number of guanidine groups is 1. The smallest absolute Gasteiger partial charge is 0.475 e. The Balaban J connectivity index is 0. The number of rotatable bonds is 51. The minimum Gasteiger partial charge on any atom is -0.475 e. The number of nitrogens with two attached hydrogens (primary N) is 3. The van der Waals surface area contributed by atoms with Crippen LogP contribution in [0.4, 0.5) is 13.2 Å². The third-order valence-electron chi connectivity index (χ3n) is 13.2. The topological polar surface area (TPSA) is 252 Å². The van der Waals surface area contributed by atoms with Crippen LogP contribution < -0.4 is 33.2 Å². The van der Waals surface area contributed by atoms with Gasteiger partial charge in [-0.25, -0.2) is 4.79 Å². The van der Waals surface area contributed by atoms with Crippen LogP contribution >= 0.6 is 0 Å². The number of carbonyl (C=O) groups is 6. The van der Waals surface area contributed by atoms with Crippen molar-refractivity contribution in [1.29, 1.82) is 0 Å². The predicted molar refractivity (Wildman–Crippen MR) is 294 cm³/mol. The zero-order valence-corrected chi connectivity index (χ0v) is 46.6. The molecular formula is C56H107F3N8O7. The lowest BCUT2D eigenvalue weighted by Gasteiger charge is -2.23. The van der Waals surface area contributed by atoms with Gasteiger partial charge in [0, 0.05) is 58.4 Å². The van der Waals surface area contributed by atoms with E-state index in [1.54, 1.807) is 4.90 Å². The number of hydrogen-bond acceptors (Lipinski definition) is 7. The standard InChI is InChI=1S/C54H106N8O5.C2HF3O2/c1-3-5-7-9-11-13-15-17-19-21-23-25-27-29-31-33-35-39-49(63)58-44-46-62(52(66)42-41-51(65)61-48(53(55)67)38-37-43-60-54(56)57)47-45-59-50(64)40-36-34-32-30-28-26-24-22-20-18-16-14-12-10-8-6-4-2;3-2(4,5)1(6)7/h48H,3-47H2,1-2H3,(H2,55,67)(H,58,63)(H,59,64)(H,61,65)(H4,56,57,60);(H,6,7)/t48-;/m0./s1. The normalized spacial score (nSPS) is 11.5. The number of primary amides is 1. The maximum atomic E-state index is 13.4. The van der Waals surface area contributed by atoms with E-state index in [0.717, 1.165) is 38.5 Å². The summed E-state index contributed by atoms with van der Waals surface area (Å²) in [5, 5.41) is 15.7. The number of carboxylic acid groups (broad SMARTS) is 1. The number of unbranched alkanes of at least 4 members (excludes halogenated alkanes) is 32. The number of halogens is 3. The monoisotopic (exact) mass is 1060 g/mol. The van der Waals surface area contributed by atoms with Crippen LogP contribution in [0, 0.1) is 0 Å². The summed E-state index contributed by atoms with van der Waals surface area (Å²) in [5.74, 6) is -4.31. The molecular weight excluding hydrogens is 954 g/mol. The van der Waals surface area contributed by atoms with Gasteiger partial charge >= 0.3 is 12.1 Å². The molecule has 0 aromatic heterocycles. The number of aliphatic imine (C=N–C) groups is 1. The summed E-state index contributed by atoms with van der Waals surface area (Å²) in [5.41, 5.74) is 16.2. The van der Waals surface area contributed by atoms with Crippen molar-refractivity contribution < 1.29 is 47.0 Å². The van der Waals surface area contributed by atoms with Gasteiger partial charge in [0.1, 0.15) is 6.04 Å². The summed E-state index contributed by atoms with van der Waals surface area (Å²) in [6, 6.07) is -0.906. The number of hydrogen-bond donors (Lipinski definition) is 7. The molecule has 0 aromatic carbocycles. The fourth-order valence-electron chi connectivity index (χ4n) is 8.65. The number of alkyl halides is 3. The first-order chi connectivity index (χ1) is 35.5. The molecule has 15 nitrogen and oxygen atoms in total. The van der Waals surface area contributed by atoms with Crippen LogP contribution in [-0.4, -0.2) is 96.4 Å². The molecule has 0 rings (SSSR count). The summed E-state index contributed by atoms with van der Waals surface area (Å²) in [7, 11) is 0. The third-order valence-corrected chi connectivity index (χ3v) is 13.2. The van der Waals surface area contributed by atoms with Crippen LogP contribution in [0.3, 0.4) is 0 Å². The fraction of sp³-hybridized carbons (Fsp3) is 0.875. The molecule has 0 saturated carbocycles. The number of carbonyl (C=O) groups excluding carboxylic acids is 5. The maximum absolute atomic E-state index is 13.4. The van der Waals surface area contributed by atoms with E-state index in [1.165, 1.54) is 180 Å². The predicted octanol–water partition coefficient (Wildman–Crippen LogP) is 11.6. The van der Waals surface area contributed by atoms with E-state index in [9.17, 15) is 37.1 Å². The second kappa shape index (κ2) is 52.3. The highest BCUT2D eigenvalue weighted by Crippen LogP contribution is 2.17. The summed E-state index contributed by atoms with van der Waals surface area (Å²) in [4.78, 5) is 77.8. The molecule has 434 valence electrons. The van der Waals surface area contributed by atoms with E-state index >= 15 is 0 Å². The average molecular weight is 1060 g/mol. The lowest BCUT2D eigenvalue weighted by molar-refractivity contribution is -0.192. The average Bonchev–Trinajstić information content (AvgIpc) is 3.35. The Labute approximate surface area is 445 Å². The molecule has 0 bridgehead atoms. The number of carboxylic acids is 1. The highest BCUT2D eigenvalue weighted by Gasteiger charge is 2.38. The molecule has 5 amide bonds. The van der Waals surface area contributed by atoms with Crippen molar-refractivity contribution >= 4 is 41.5 Å². The van der Waals surface area contributed by atoms with Gasteiger partial charge in [-0.15, -0.1) is 0 Å². The van der Waals surface area contributed by atoms with Crippen molar-refractivity contribution in [2.24, 2.45) is 22.2 Å². The van der Waals surface area contributed by atoms with Crippen LogP contribution in [0.15, 0.2) is 4.99 Å². The molecule has 0 unspecified atom stereocenters. The largest absolute Gasteiger partial charge is 0.490 e. The van der Waals surface area contributed by atoms with E-state index in [1.807, 2.05) is 0 Å². The van der Waals surface area contributed by atoms with Crippen molar-refractivity contribution in [2.75, 3.05) is 32.7 Å². The summed E-state index contributed by atoms with van der Waals surface area (Å²) in [6.45, 7) is 5.91. The van der Waals surface area contributed by atoms with Crippen LogP contribution in [0.1, 0.15) is 271 Å². The van der Waals surface area contributed by atoms with E-state index in [2.05, 4.69) is 34.8 Å². The Bertz CT molecular complexity index is 1380. The Kier molecular flexibility index (Phi) is 50.9. The molecule has 74 heavy (non-hydrogen) atoms. The maximum Gasteiger partial charge on any atom is 0.490 e. The number of nitrogens with one attached hydrogen (secondary N) is 3. The molecule has 0 aromatic rings. The molecule has 0 radical (unpaired) electrons. The second-order valence-electron chi connectivity index (χ2n) is 20.2. The molecule has 0 aliphatic carbocycles. The quantitative estimate of drug-likeness (QED) is 0.0173. The molecule has 0 fully saturated rings. The highest BCUT2D eigenvalue weighted by atomic mass is 19.4. The zero-order valence-electron chi connectivity index (χ0n) is 46.6. The molecule has 0 aliphatic heterocycles. The van der Waals surface area contributed by atoms with Gasteiger partial charge in [0.05, 0.1) is 0 Å². The summed E-state index contributed by atoms with van der Waals surface area (Å²) < 4.78 is 31.7. The Morgan fingerprint density at radius 2 is 0.784 bits per heavy atom. The number of aliphatic carboxylic acids is 1. The number of amides is 5. The Hall–Kier alpha value is -4.12. The van der Waals surface area contributed by atoms with Gasteiger partial charge in [0.25, 0.3) is 0 Å². The minimum absolute atomic E-state index is 0.0348. The van der Waals surface area contributed by atoms with Crippen molar-refractivity contribution in [3.63, 3.8) is 0 Å². The Morgan fingerprint density at radius 3 is 1.07 bits per heavy atom. The first kappa shape index (κ1) is 72.0. The van der Waals surface area contributed by atoms with Gasteiger partial charge in [-0.2, -0.15) is 13.2 Å². The fourth-order valence-corrected chi connectivity index (χ4v) is 8.65. The van der Waals surface area contributed by atoms with Crippen LogP contribution in [-0.2, 0) is 28.8 Å². The first-order valence-electron chi connectivity index (χ1n) is 29.3. The molecule has 0 spiro atoms. The van der Waals surface area contributed by atoms with Gasteiger partial charge in [-0.1, -0.05) is 219 Å². The molecule has 0 heterocycles. The van der Waals surface area contributed by atoms with Crippen molar-refractivity contribution in [1.82, 2.24) is 20.9 Å². The molecule has 18 heteroatoms. The first-order valence-corrected chi connectivity index (χ1v) is 29.3.